The van der Waals surface area contributed by atoms with E-state index in [1.54, 1.807) is 4.68 Å². The lowest BCUT2D eigenvalue weighted by Gasteiger charge is -2.26. The number of rotatable bonds is 4. The van der Waals surface area contributed by atoms with Gasteiger partial charge in [-0.25, -0.2) is 9.67 Å². The second-order valence-corrected chi connectivity index (χ2v) is 9.72. The van der Waals surface area contributed by atoms with Crippen molar-refractivity contribution < 1.29 is 4.79 Å². The molecule has 0 spiro atoms. The molecule has 2 aliphatic carbocycles. The van der Waals surface area contributed by atoms with Crippen LogP contribution >= 0.6 is 0 Å². The van der Waals surface area contributed by atoms with Crippen LogP contribution in [0.3, 0.4) is 0 Å². The van der Waals surface area contributed by atoms with Gasteiger partial charge in [0.2, 0.25) is 5.91 Å². The molecular formula is C24H25N7O. The number of pyridine rings is 1. The van der Waals surface area contributed by atoms with Crippen LogP contribution in [0, 0.1) is 28.7 Å². The van der Waals surface area contributed by atoms with E-state index in [1.807, 2.05) is 29.3 Å². The smallest absolute Gasteiger partial charge is 0.223 e. The molecule has 2 aromatic heterocycles. The molecule has 6 rings (SSSR count). The van der Waals surface area contributed by atoms with Gasteiger partial charge in [0.15, 0.2) is 12.0 Å². The van der Waals surface area contributed by atoms with E-state index in [-0.39, 0.29) is 23.9 Å². The molecule has 0 radical (unpaired) electrons. The summed E-state index contributed by atoms with van der Waals surface area (Å²) in [5, 5.41) is 26.8. The van der Waals surface area contributed by atoms with Crippen molar-refractivity contribution in [3.63, 3.8) is 0 Å². The highest BCUT2D eigenvalue weighted by molar-refractivity contribution is 5.79. The predicted octanol–water partition coefficient (Wildman–Crippen LogP) is 2.13. The monoisotopic (exact) mass is 427 g/mol. The third-order valence-corrected chi connectivity index (χ3v) is 7.85. The van der Waals surface area contributed by atoms with Crippen LogP contribution in [-0.2, 0) is 23.1 Å². The lowest BCUT2D eigenvalue weighted by Crippen LogP contribution is -2.46. The van der Waals surface area contributed by atoms with E-state index >= 15 is 0 Å². The first-order chi connectivity index (χ1) is 15.6. The van der Waals surface area contributed by atoms with Gasteiger partial charge in [0.25, 0.3) is 0 Å². The highest BCUT2D eigenvalue weighted by Crippen LogP contribution is 2.46. The van der Waals surface area contributed by atoms with Gasteiger partial charge >= 0.3 is 0 Å². The van der Waals surface area contributed by atoms with Gasteiger partial charge in [-0.2, -0.15) is 15.6 Å². The standard InChI is InChI=1S/C24H25N7O/c25-13-24(8-9-24)21-2-1-3-22(28-21)31-12-16-10-15(4-6-18(16)29-31)23(32)27-19-11-17-5-7-20(19)30(17)14-26/h1-3,12,15,17,19-20H,4-11H2,(H,27,32)/t15-,17-,19+,20+/m0/s1. The van der Waals surface area contributed by atoms with Gasteiger partial charge in [0.1, 0.15) is 0 Å². The van der Waals surface area contributed by atoms with Gasteiger partial charge in [0, 0.05) is 18.2 Å². The Balaban J connectivity index is 1.16. The van der Waals surface area contributed by atoms with Crippen LogP contribution in [-0.4, -0.2) is 43.7 Å². The molecule has 2 bridgehead atoms. The molecule has 1 amide bonds. The number of fused-ring (bicyclic) bond motifs is 3. The number of nitrogens with one attached hydrogen (secondary N) is 1. The van der Waals surface area contributed by atoms with Gasteiger partial charge < -0.3 is 10.2 Å². The molecule has 1 N–H and O–H groups in total. The number of aryl methyl sites for hydroxylation is 1. The number of hydrogen-bond donors (Lipinski definition) is 1. The van der Waals surface area contributed by atoms with Crippen molar-refractivity contribution in [2.75, 3.05) is 0 Å². The van der Waals surface area contributed by atoms with Crippen molar-refractivity contribution in [1.29, 1.82) is 10.5 Å². The summed E-state index contributed by atoms with van der Waals surface area (Å²) in [6.45, 7) is 0. The number of aromatic nitrogens is 3. The summed E-state index contributed by atoms with van der Waals surface area (Å²) in [4.78, 5) is 19.6. The van der Waals surface area contributed by atoms with Crippen molar-refractivity contribution in [3.8, 4) is 18.1 Å². The van der Waals surface area contributed by atoms with E-state index < -0.39 is 5.41 Å². The minimum atomic E-state index is -0.424. The normalized spacial score (nSPS) is 29.1. The molecule has 0 unspecified atom stereocenters. The van der Waals surface area contributed by atoms with Crippen LogP contribution in [0.5, 0.6) is 0 Å². The van der Waals surface area contributed by atoms with Gasteiger partial charge in [-0.1, -0.05) is 6.07 Å². The molecule has 2 aromatic rings. The Bertz CT molecular complexity index is 1170. The number of nitriles is 2. The zero-order valence-corrected chi connectivity index (χ0v) is 17.9. The lowest BCUT2D eigenvalue weighted by molar-refractivity contribution is -0.126. The first kappa shape index (κ1) is 19.3. The fraction of sp³-hybridized carbons (Fsp3) is 0.542. The molecule has 0 aromatic carbocycles. The highest BCUT2D eigenvalue weighted by atomic mass is 16.2. The molecule has 1 saturated carbocycles. The Morgan fingerprint density at radius 3 is 2.84 bits per heavy atom. The van der Waals surface area contributed by atoms with Gasteiger partial charge in [-0.05, 0) is 69.1 Å². The van der Waals surface area contributed by atoms with Crippen LogP contribution in [0.2, 0.25) is 0 Å². The van der Waals surface area contributed by atoms with Crippen LogP contribution in [0.25, 0.3) is 5.82 Å². The van der Waals surface area contributed by atoms with Crippen LogP contribution < -0.4 is 5.32 Å². The summed E-state index contributed by atoms with van der Waals surface area (Å²) in [6, 6.07) is 8.73. The van der Waals surface area contributed by atoms with Crippen molar-refractivity contribution in [3.05, 3.63) is 41.3 Å². The summed E-state index contributed by atoms with van der Waals surface area (Å²) >= 11 is 0. The molecule has 4 heterocycles. The van der Waals surface area contributed by atoms with Crippen LogP contribution in [0.4, 0.5) is 0 Å². The number of hydrogen-bond acceptors (Lipinski definition) is 6. The molecule has 4 atom stereocenters. The Hall–Kier alpha value is -3.39. The first-order valence-corrected chi connectivity index (χ1v) is 11.6. The third-order valence-electron chi connectivity index (χ3n) is 7.85. The van der Waals surface area contributed by atoms with E-state index in [4.69, 9.17) is 10.1 Å². The predicted molar refractivity (Wildman–Crippen MR) is 114 cm³/mol. The van der Waals surface area contributed by atoms with E-state index in [9.17, 15) is 15.3 Å². The summed E-state index contributed by atoms with van der Waals surface area (Å²) < 4.78 is 1.79. The summed E-state index contributed by atoms with van der Waals surface area (Å²) in [5.74, 6) is 0.754. The zero-order valence-electron chi connectivity index (χ0n) is 17.9. The Labute approximate surface area is 186 Å². The number of carbonyl (C=O) groups excluding carboxylic acids is 1. The van der Waals surface area contributed by atoms with Gasteiger partial charge in [-0.3, -0.25) is 4.79 Å². The van der Waals surface area contributed by atoms with Crippen molar-refractivity contribution in [1.82, 2.24) is 25.0 Å². The number of carbonyl (C=O) groups is 1. The van der Waals surface area contributed by atoms with Crippen LogP contribution in [0.1, 0.15) is 55.5 Å². The molecular weight excluding hydrogens is 402 g/mol. The average molecular weight is 428 g/mol. The summed E-state index contributed by atoms with van der Waals surface area (Å²) in [7, 11) is 0. The minimum absolute atomic E-state index is 0.0672. The van der Waals surface area contributed by atoms with Gasteiger partial charge in [-0.15, -0.1) is 0 Å². The fourth-order valence-electron chi connectivity index (χ4n) is 5.81. The van der Waals surface area contributed by atoms with Crippen molar-refractivity contribution in [2.45, 2.75) is 74.9 Å². The summed E-state index contributed by atoms with van der Waals surface area (Å²) in [6.07, 6.45) is 11.2. The van der Waals surface area contributed by atoms with E-state index in [0.717, 1.165) is 67.7 Å². The van der Waals surface area contributed by atoms with Crippen LogP contribution in [0.15, 0.2) is 24.4 Å². The molecule has 2 aliphatic heterocycles. The maximum Gasteiger partial charge on any atom is 0.223 e. The Morgan fingerprint density at radius 1 is 1.22 bits per heavy atom. The average Bonchev–Trinajstić information content (AvgIpc) is 3.19. The third kappa shape index (κ3) is 2.97. The Morgan fingerprint density at radius 2 is 2.09 bits per heavy atom. The van der Waals surface area contributed by atoms with Crippen molar-refractivity contribution in [2.24, 2.45) is 5.92 Å². The van der Waals surface area contributed by atoms with E-state index in [2.05, 4.69) is 17.6 Å². The molecule has 162 valence electrons. The molecule has 2 saturated heterocycles. The zero-order chi connectivity index (χ0) is 21.9. The number of nitrogens with zero attached hydrogens (tertiary/aromatic N) is 6. The summed E-state index contributed by atoms with van der Waals surface area (Å²) in [5.41, 5.74) is 2.52. The fourth-order valence-corrected chi connectivity index (χ4v) is 5.81. The van der Waals surface area contributed by atoms with Gasteiger partial charge in [0.05, 0.1) is 35.0 Å². The molecule has 8 heteroatoms. The molecule has 32 heavy (non-hydrogen) atoms. The maximum atomic E-state index is 13.0. The first-order valence-electron chi connectivity index (χ1n) is 11.6. The lowest BCUT2D eigenvalue weighted by atomic mass is 9.86. The minimum Gasteiger partial charge on any atom is -0.351 e. The molecule has 4 aliphatic rings. The largest absolute Gasteiger partial charge is 0.351 e. The highest BCUT2D eigenvalue weighted by Gasteiger charge is 2.47. The quantitative estimate of drug-likeness (QED) is 0.749. The SMILES string of the molecule is N#CN1[C@H]2CC[C@@H]1[C@H](NC(=O)[C@H]1CCc3nn(-c4cccc(C5(C#N)CC5)n4)cc3C1)C2. The molecule has 8 nitrogen and oxygen atoms in total. The number of amides is 1. The van der Waals surface area contributed by atoms with Crippen molar-refractivity contribution >= 4 is 5.91 Å². The maximum absolute atomic E-state index is 13.0. The molecule has 3 fully saturated rings. The topological polar surface area (TPSA) is 111 Å². The second-order valence-electron chi connectivity index (χ2n) is 9.72. The Kier molecular flexibility index (Phi) is 4.26. The van der Waals surface area contributed by atoms with E-state index in [1.165, 1.54) is 0 Å². The van der Waals surface area contributed by atoms with E-state index in [0.29, 0.717) is 12.5 Å². The second kappa shape index (κ2) is 7.06.